The summed E-state index contributed by atoms with van der Waals surface area (Å²) in [5, 5.41) is 14.5. The highest BCUT2D eigenvalue weighted by Gasteiger charge is 2.18. The summed E-state index contributed by atoms with van der Waals surface area (Å²) in [7, 11) is 0. The average Bonchev–Trinajstić information content (AvgIpc) is 2.35. The maximum absolute atomic E-state index is 11.8. The largest absolute Gasteiger partial charge is 0.300 e. The summed E-state index contributed by atoms with van der Waals surface area (Å²) >= 11 is 0. The van der Waals surface area contributed by atoms with Gasteiger partial charge in [0.25, 0.3) is 11.6 Å². The molecule has 0 fully saturated rings. The summed E-state index contributed by atoms with van der Waals surface area (Å²) in [4.78, 5) is 32.7. The Morgan fingerprint density at radius 3 is 2.53 bits per heavy atom. The number of nitrogens with zero attached hydrogens (tertiary/aromatic N) is 2. The molecule has 1 aromatic rings. The van der Waals surface area contributed by atoms with Gasteiger partial charge in [-0.2, -0.15) is 5.10 Å². The molecular weight excluding hydrogens is 250 g/mol. The van der Waals surface area contributed by atoms with Crippen molar-refractivity contribution in [3.05, 3.63) is 39.9 Å². The maximum Gasteiger partial charge on any atom is 0.282 e. The van der Waals surface area contributed by atoms with E-state index in [0.717, 1.165) is 0 Å². The molecule has 0 saturated heterocycles. The molecule has 7 heteroatoms. The number of benzene rings is 1. The Kier molecular flexibility index (Phi) is 4.87. The number of amides is 1. The fourth-order valence-corrected chi connectivity index (χ4v) is 1.43. The molecule has 1 N–H and O–H groups in total. The van der Waals surface area contributed by atoms with Crippen molar-refractivity contribution in [1.29, 1.82) is 0 Å². The molecular formula is C12H13N3O4. The number of para-hydroxylation sites is 1. The van der Waals surface area contributed by atoms with Crippen molar-refractivity contribution in [2.45, 2.75) is 20.3 Å². The lowest BCUT2D eigenvalue weighted by Crippen LogP contribution is -2.20. The van der Waals surface area contributed by atoms with Crippen LogP contribution in [-0.4, -0.2) is 22.3 Å². The van der Waals surface area contributed by atoms with Crippen molar-refractivity contribution in [2.75, 3.05) is 0 Å². The first-order valence-corrected chi connectivity index (χ1v) is 5.48. The summed E-state index contributed by atoms with van der Waals surface area (Å²) in [5.41, 5.74) is 2.25. The van der Waals surface area contributed by atoms with E-state index in [1.165, 1.54) is 31.2 Å². The van der Waals surface area contributed by atoms with E-state index in [9.17, 15) is 19.7 Å². The zero-order valence-corrected chi connectivity index (χ0v) is 10.5. The van der Waals surface area contributed by atoms with Crippen LogP contribution >= 0.6 is 0 Å². The average molecular weight is 263 g/mol. The highest BCUT2D eigenvalue weighted by Crippen LogP contribution is 2.17. The molecule has 1 rings (SSSR count). The maximum atomic E-state index is 11.8. The van der Waals surface area contributed by atoms with Crippen LogP contribution in [-0.2, 0) is 4.79 Å². The van der Waals surface area contributed by atoms with Crippen LogP contribution in [0.15, 0.2) is 29.4 Å². The topological polar surface area (TPSA) is 102 Å². The number of nitro benzene ring substituents is 1. The van der Waals surface area contributed by atoms with Gasteiger partial charge < -0.3 is 0 Å². The van der Waals surface area contributed by atoms with Crippen LogP contribution in [0.1, 0.15) is 30.6 Å². The molecule has 0 aromatic heterocycles. The Labute approximate surface area is 109 Å². The molecule has 0 saturated carbocycles. The van der Waals surface area contributed by atoms with E-state index in [1.807, 2.05) is 0 Å². The van der Waals surface area contributed by atoms with E-state index < -0.39 is 10.8 Å². The quantitative estimate of drug-likeness (QED) is 0.496. The van der Waals surface area contributed by atoms with Gasteiger partial charge in [0.1, 0.15) is 11.3 Å². The third-order valence-corrected chi connectivity index (χ3v) is 2.20. The smallest absolute Gasteiger partial charge is 0.282 e. The first kappa shape index (κ1) is 14.5. The van der Waals surface area contributed by atoms with Crippen molar-refractivity contribution in [2.24, 2.45) is 5.10 Å². The lowest BCUT2D eigenvalue weighted by Gasteiger charge is -2.02. The molecule has 1 aromatic carbocycles. The van der Waals surface area contributed by atoms with Gasteiger partial charge >= 0.3 is 0 Å². The number of nitro groups is 1. The minimum Gasteiger partial charge on any atom is -0.300 e. The van der Waals surface area contributed by atoms with Crippen molar-refractivity contribution in [1.82, 2.24) is 5.43 Å². The summed E-state index contributed by atoms with van der Waals surface area (Å²) in [6.45, 7) is 2.99. The van der Waals surface area contributed by atoms with Gasteiger partial charge in [0.2, 0.25) is 0 Å². The van der Waals surface area contributed by atoms with Crippen LogP contribution in [0.3, 0.4) is 0 Å². The second-order valence-electron chi connectivity index (χ2n) is 3.94. The van der Waals surface area contributed by atoms with Crippen molar-refractivity contribution in [3.63, 3.8) is 0 Å². The minimum atomic E-state index is -0.685. The number of rotatable bonds is 5. The number of hydrazone groups is 1. The second-order valence-corrected chi connectivity index (χ2v) is 3.94. The van der Waals surface area contributed by atoms with E-state index in [2.05, 4.69) is 10.5 Å². The van der Waals surface area contributed by atoms with Gasteiger partial charge in [-0.1, -0.05) is 12.1 Å². The zero-order chi connectivity index (χ0) is 14.4. The van der Waals surface area contributed by atoms with E-state index in [4.69, 9.17) is 0 Å². The Bertz CT molecular complexity index is 552. The molecule has 0 aliphatic heterocycles. The second kappa shape index (κ2) is 6.39. The molecule has 0 bridgehead atoms. The van der Waals surface area contributed by atoms with Gasteiger partial charge in [-0.3, -0.25) is 19.7 Å². The summed E-state index contributed by atoms with van der Waals surface area (Å²) in [5.74, 6) is -0.767. The molecule has 100 valence electrons. The number of hydrogen-bond acceptors (Lipinski definition) is 5. The molecule has 0 aliphatic rings. The molecule has 0 unspecified atom stereocenters. The van der Waals surface area contributed by atoms with Gasteiger partial charge in [-0.05, 0) is 19.9 Å². The Morgan fingerprint density at radius 2 is 1.95 bits per heavy atom. The third kappa shape index (κ3) is 4.30. The number of ketones is 1. The number of hydrogen-bond donors (Lipinski definition) is 1. The van der Waals surface area contributed by atoms with Crippen molar-refractivity contribution >= 4 is 23.1 Å². The van der Waals surface area contributed by atoms with Crippen molar-refractivity contribution in [3.8, 4) is 0 Å². The normalized spacial score (nSPS) is 10.9. The van der Waals surface area contributed by atoms with Gasteiger partial charge in [0.15, 0.2) is 0 Å². The monoisotopic (exact) mass is 263 g/mol. The zero-order valence-electron chi connectivity index (χ0n) is 10.5. The number of carbonyl (C=O) groups excluding carboxylic acids is 2. The predicted octanol–water partition coefficient (Wildman–Crippen LogP) is 1.68. The number of carbonyl (C=O) groups is 2. The molecule has 0 spiro atoms. The highest BCUT2D eigenvalue weighted by molar-refractivity contribution is 6.02. The SMILES string of the molecule is CC(=O)CC(C)=NNC(=O)c1ccccc1[N+](=O)[O-]. The van der Waals surface area contributed by atoms with Gasteiger partial charge in [0, 0.05) is 18.2 Å². The molecule has 1 amide bonds. The minimum absolute atomic E-state index is 0.0770. The van der Waals surface area contributed by atoms with E-state index in [-0.39, 0.29) is 23.5 Å². The Hall–Kier alpha value is -2.57. The van der Waals surface area contributed by atoms with E-state index in [1.54, 1.807) is 6.92 Å². The lowest BCUT2D eigenvalue weighted by atomic mass is 10.2. The van der Waals surface area contributed by atoms with Gasteiger partial charge in [-0.15, -0.1) is 0 Å². The first-order chi connectivity index (χ1) is 8.91. The molecule has 0 radical (unpaired) electrons. The van der Waals surface area contributed by atoms with Crippen LogP contribution < -0.4 is 5.43 Å². The molecule has 0 atom stereocenters. The third-order valence-electron chi connectivity index (χ3n) is 2.20. The fourth-order valence-electron chi connectivity index (χ4n) is 1.43. The fraction of sp³-hybridized carbons (Fsp3) is 0.250. The number of nitrogens with one attached hydrogen (secondary N) is 1. The van der Waals surface area contributed by atoms with Crippen LogP contribution in [0.2, 0.25) is 0 Å². The Morgan fingerprint density at radius 1 is 1.32 bits per heavy atom. The van der Waals surface area contributed by atoms with Crippen LogP contribution in [0.5, 0.6) is 0 Å². The van der Waals surface area contributed by atoms with Gasteiger partial charge in [0.05, 0.1) is 4.92 Å². The lowest BCUT2D eigenvalue weighted by molar-refractivity contribution is -0.385. The van der Waals surface area contributed by atoms with E-state index >= 15 is 0 Å². The number of Topliss-reactive ketones (excluding diaryl/α,β-unsaturated/α-hetero) is 1. The van der Waals surface area contributed by atoms with Crippen LogP contribution in [0.4, 0.5) is 5.69 Å². The first-order valence-electron chi connectivity index (χ1n) is 5.48. The predicted molar refractivity (Wildman–Crippen MR) is 69.0 cm³/mol. The summed E-state index contributed by atoms with van der Waals surface area (Å²) in [6, 6.07) is 5.57. The summed E-state index contributed by atoms with van der Waals surface area (Å²) in [6.07, 6.45) is 0.122. The Balaban J connectivity index is 2.85. The highest BCUT2D eigenvalue weighted by atomic mass is 16.6. The van der Waals surface area contributed by atoms with Crippen molar-refractivity contribution < 1.29 is 14.5 Å². The van der Waals surface area contributed by atoms with Crippen LogP contribution in [0.25, 0.3) is 0 Å². The molecule has 0 heterocycles. The van der Waals surface area contributed by atoms with E-state index in [0.29, 0.717) is 5.71 Å². The van der Waals surface area contributed by atoms with Crippen LogP contribution in [0, 0.1) is 10.1 Å². The standard InChI is InChI=1S/C12H13N3O4/c1-8(7-9(2)16)13-14-12(17)10-5-3-4-6-11(10)15(18)19/h3-6H,7H2,1-2H3,(H,14,17). The molecule has 0 aliphatic carbocycles. The molecule has 7 nitrogen and oxygen atoms in total. The van der Waals surface area contributed by atoms with Gasteiger partial charge in [-0.25, -0.2) is 5.43 Å². The molecule has 19 heavy (non-hydrogen) atoms. The summed E-state index contributed by atoms with van der Waals surface area (Å²) < 4.78 is 0.